The minimum absolute atomic E-state index is 0.0995. The third-order valence-corrected chi connectivity index (χ3v) is 5.70. The molecular weight excluding hydrogens is 348 g/mol. The molecule has 3 aromatic rings. The Labute approximate surface area is 167 Å². The van der Waals surface area contributed by atoms with Crippen molar-refractivity contribution in [3.63, 3.8) is 0 Å². The molecule has 0 saturated carbocycles. The quantitative estimate of drug-likeness (QED) is 0.750. The average Bonchev–Trinajstić information content (AvgIpc) is 2.94. The number of aryl methyl sites for hydroxylation is 1. The van der Waals surface area contributed by atoms with Crippen LogP contribution in [0.5, 0.6) is 0 Å². The molecule has 1 saturated heterocycles. The maximum absolute atomic E-state index is 4.58. The second-order valence-corrected chi connectivity index (χ2v) is 9.33. The molecule has 1 N–H and O–H groups in total. The van der Waals surface area contributed by atoms with Crippen LogP contribution in [0.25, 0.3) is 16.8 Å². The van der Waals surface area contributed by atoms with Crippen molar-refractivity contribution in [1.29, 1.82) is 0 Å². The van der Waals surface area contributed by atoms with Gasteiger partial charge in [-0.05, 0) is 71.7 Å². The molecule has 0 aromatic carbocycles. The van der Waals surface area contributed by atoms with Crippen molar-refractivity contribution in [3.8, 4) is 11.3 Å². The summed E-state index contributed by atoms with van der Waals surface area (Å²) in [6.45, 7) is 11.1. The highest BCUT2D eigenvalue weighted by Crippen LogP contribution is 2.33. The van der Waals surface area contributed by atoms with Gasteiger partial charge in [-0.3, -0.25) is 0 Å². The van der Waals surface area contributed by atoms with Crippen LogP contribution in [0.3, 0.4) is 0 Å². The van der Waals surface area contributed by atoms with Crippen LogP contribution in [0.4, 0.5) is 5.82 Å². The highest BCUT2D eigenvalue weighted by molar-refractivity contribution is 5.80. The van der Waals surface area contributed by atoms with Crippen molar-refractivity contribution in [2.75, 3.05) is 11.9 Å². The number of aromatic nitrogens is 4. The van der Waals surface area contributed by atoms with E-state index in [0.717, 1.165) is 41.1 Å². The zero-order valence-electron chi connectivity index (χ0n) is 17.7. The number of hydrogen-bond donors (Lipinski definition) is 1. The number of anilines is 1. The van der Waals surface area contributed by atoms with E-state index in [4.69, 9.17) is 0 Å². The molecule has 148 valence electrons. The van der Waals surface area contributed by atoms with E-state index in [2.05, 4.69) is 78.5 Å². The van der Waals surface area contributed by atoms with Gasteiger partial charge in [-0.25, -0.2) is 4.52 Å². The molecule has 0 spiro atoms. The first-order chi connectivity index (χ1) is 13.2. The van der Waals surface area contributed by atoms with Gasteiger partial charge in [0.2, 0.25) is 0 Å². The van der Waals surface area contributed by atoms with E-state index >= 15 is 0 Å². The maximum atomic E-state index is 4.58. The Morgan fingerprint density at radius 1 is 1.04 bits per heavy atom. The van der Waals surface area contributed by atoms with Crippen molar-refractivity contribution < 1.29 is 0 Å². The maximum Gasteiger partial charge on any atom is 0.151 e. The first-order valence-corrected chi connectivity index (χ1v) is 9.95. The Bertz CT molecular complexity index is 970. The van der Waals surface area contributed by atoms with Crippen LogP contribution in [0.2, 0.25) is 0 Å². The SMILES string of the molecule is Cc1nn2ccccc2c1-c1ccc(N(C)C2CC(C)(C)NC(C)(C)C2)nn1. The van der Waals surface area contributed by atoms with Gasteiger partial charge in [0.05, 0.1) is 22.5 Å². The van der Waals surface area contributed by atoms with Crippen molar-refractivity contribution >= 4 is 11.3 Å². The fraction of sp³-hybridized carbons (Fsp3) is 0.500. The molecule has 4 rings (SSSR count). The molecule has 0 atom stereocenters. The molecule has 1 aliphatic heterocycles. The lowest BCUT2D eigenvalue weighted by Gasteiger charge is -2.49. The summed E-state index contributed by atoms with van der Waals surface area (Å²) in [5.74, 6) is 0.913. The zero-order valence-corrected chi connectivity index (χ0v) is 17.7. The van der Waals surface area contributed by atoms with Crippen LogP contribution in [-0.2, 0) is 0 Å². The molecule has 0 aliphatic carbocycles. The summed E-state index contributed by atoms with van der Waals surface area (Å²) in [4.78, 5) is 2.28. The number of fused-ring (bicyclic) bond motifs is 1. The van der Waals surface area contributed by atoms with Crippen molar-refractivity contribution in [2.45, 2.75) is 64.6 Å². The number of hydrogen-bond acceptors (Lipinski definition) is 5. The van der Waals surface area contributed by atoms with Gasteiger partial charge in [0.25, 0.3) is 0 Å². The van der Waals surface area contributed by atoms with Gasteiger partial charge >= 0.3 is 0 Å². The lowest BCUT2D eigenvalue weighted by Crippen LogP contribution is -2.62. The summed E-state index contributed by atoms with van der Waals surface area (Å²) < 4.78 is 1.89. The van der Waals surface area contributed by atoms with Crippen LogP contribution in [0, 0.1) is 6.92 Å². The van der Waals surface area contributed by atoms with Gasteiger partial charge in [0.1, 0.15) is 0 Å². The lowest BCUT2D eigenvalue weighted by atomic mass is 9.79. The minimum atomic E-state index is 0.0995. The number of nitrogens with zero attached hydrogens (tertiary/aromatic N) is 5. The minimum Gasteiger partial charge on any atom is -0.355 e. The first-order valence-electron chi connectivity index (χ1n) is 9.95. The van der Waals surface area contributed by atoms with Crippen LogP contribution in [0.1, 0.15) is 46.2 Å². The number of rotatable bonds is 3. The first kappa shape index (κ1) is 18.9. The van der Waals surface area contributed by atoms with Gasteiger partial charge in [0.15, 0.2) is 5.82 Å². The fourth-order valence-corrected chi connectivity index (χ4v) is 4.81. The molecule has 0 bridgehead atoms. The average molecular weight is 379 g/mol. The molecule has 1 fully saturated rings. The van der Waals surface area contributed by atoms with Crippen LogP contribution < -0.4 is 10.2 Å². The molecule has 1 aliphatic rings. The molecule has 0 radical (unpaired) electrons. The summed E-state index contributed by atoms with van der Waals surface area (Å²) in [6, 6.07) is 10.6. The fourth-order valence-electron chi connectivity index (χ4n) is 4.81. The van der Waals surface area contributed by atoms with E-state index < -0.39 is 0 Å². The predicted molar refractivity (Wildman–Crippen MR) is 114 cm³/mol. The third kappa shape index (κ3) is 3.49. The third-order valence-electron chi connectivity index (χ3n) is 5.70. The summed E-state index contributed by atoms with van der Waals surface area (Å²) in [6.07, 6.45) is 4.11. The second kappa shape index (κ2) is 6.55. The van der Waals surface area contributed by atoms with E-state index in [9.17, 15) is 0 Å². The Balaban J connectivity index is 1.62. The Hall–Kier alpha value is -2.47. The smallest absolute Gasteiger partial charge is 0.151 e. The van der Waals surface area contributed by atoms with Crippen LogP contribution in [-0.4, -0.2) is 44.0 Å². The Morgan fingerprint density at radius 3 is 2.39 bits per heavy atom. The normalized spacial score (nSPS) is 19.1. The van der Waals surface area contributed by atoms with Crippen LogP contribution >= 0.6 is 0 Å². The summed E-state index contributed by atoms with van der Waals surface area (Å²) in [5.41, 5.74) is 4.12. The summed E-state index contributed by atoms with van der Waals surface area (Å²) in [7, 11) is 2.13. The lowest BCUT2D eigenvalue weighted by molar-refractivity contribution is 0.160. The number of nitrogens with one attached hydrogen (secondary N) is 1. The topological polar surface area (TPSA) is 58.4 Å². The standard InChI is InChI=1S/C22H30N6/c1-15-20(18-9-7-8-12-28(18)25-15)17-10-11-19(24-23-17)27(6)16-13-21(2,3)26-22(4,5)14-16/h7-12,16,26H,13-14H2,1-6H3. The second-order valence-electron chi connectivity index (χ2n) is 9.33. The molecule has 6 nitrogen and oxygen atoms in total. The van der Waals surface area contributed by atoms with Crippen molar-refractivity contribution in [1.82, 2.24) is 25.1 Å². The molecule has 0 unspecified atom stereocenters. The molecular formula is C22H30N6. The van der Waals surface area contributed by atoms with E-state index in [1.54, 1.807) is 0 Å². The highest BCUT2D eigenvalue weighted by Gasteiger charge is 2.39. The van der Waals surface area contributed by atoms with Gasteiger partial charge in [-0.15, -0.1) is 10.2 Å². The molecule has 3 aromatic heterocycles. The predicted octanol–water partition coefficient (Wildman–Crippen LogP) is 3.85. The van der Waals surface area contributed by atoms with Gasteiger partial charge in [-0.2, -0.15) is 5.10 Å². The van der Waals surface area contributed by atoms with E-state index in [1.165, 1.54) is 0 Å². The van der Waals surface area contributed by atoms with Crippen LogP contribution in [0.15, 0.2) is 36.5 Å². The van der Waals surface area contributed by atoms with Crippen molar-refractivity contribution in [2.24, 2.45) is 0 Å². The van der Waals surface area contributed by atoms with Gasteiger partial charge < -0.3 is 10.2 Å². The largest absolute Gasteiger partial charge is 0.355 e. The summed E-state index contributed by atoms with van der Waals surface area (Å²) in [5, 5.41) is 17.5. The Kier molecular flexibility index (Phi) is 4.42. The van der Waals surface area contributed by atoms with E-state index in [1.807, 2.05) is 29.8 Å². The zero-order chi connectivity index (χ0) is 20.1. The Morgan fingerprint density at radius 2 is 1.75 bits per heavy atom. The van der Waals surface area contributed by atoms with Crippen molar-refractivity contribution in [3.05, 3.63) is 42.2 Å². The van der Waals surface area contributed by atoms with Gasteiger partial charge in [-0.1, -0.05) is 6.07 Å². The number of pyridine rings is 1. The summed E-state index contributed by atoms with van der Waals surface area (Å²) >= 11 is 0. The molecule has 0 amide bonds. The molecule has 4 heterocycles. The van der Waals surface area contributed by atoms with Gasteiger partial charge in [0, 0.05) is 30.4 Å². The molecule has 28 heavy (non-hydrogen) atoms. The van der Waals surface area contributed by atoms with E-state index in [0.29, 0.717) is 6.04 Å². The van der Waals surface area contributed by atoms with E-state index in [-0.39, 0.29) is 11.1 Å². The number of piperidine rings is 1. The molecule has 6 heteroatoms. The highest BCUT2D eigenvalue weighted by atomic mass is 15.3. The monoisotopic (exact) mass is 378 g/mol.